The summed E-state index contributed by atoms with van der Waals surface area (Å²) >= 11 is 0. The number of ether oxygens (including phenoxy) is 1. The summed E-state index contributed by atoms with van der Waals surface area (Å²) < 4.78 is 43.5. The third kappa shape index (κ3) is 4.15. The summed E-state index contributed by atoms with van der Waals surface area (Å²) in [6.45, 7) is 3.07. The largest absolute Gasteiger partial charge is 0.455 e. The van der Waals surface area contributed by atoms with E-state index in [2.05, 4.69) is 16.7 Å². The van der Waals surface area contributed by atoms with Gasteiger partial charge in [0.25, 0.3) is 5.91 Å². The molecule has 1 amide bonds. The highest BCUT2D eigenvalue weighted by Crippen LogP contribution is 2.31. The number of amides is 1. The maximum atomic E-state index is 12.7. The van der Waals surface area contributed by atoms with Crippen LogP contribution in [0.3, 0.4) is 0 Å². The highest BCUT2D eigenvalue weighted by atomic mass is 19.4. The first-order valence-corrected chi connectivity index (χ1v) is 6.17. The molecule has 114 valence electrons. The van der Waals surface area contributed by atoms with Crippen LogP contribution in [0.15, 0.2) is 47.7 Å². The second-order valence-corrected chi connectivity index (χ2v) is 4.37. The van der Waals surface area contributed by atoms with Crippen LogP contribution < -0.4 is 4.74 Å². The van der Waals surface area contributed by atoms with E-state index in [1.54, 1.807) is 12.1 Å². The highest BCUT2D eigenvalue weighted by Gasteiger charge is 2.30. The number of alkyl halides is 3. The van der Waals surface area contributed by atoms with Crippen LogP contribution >= 0.6 is 0 Å². The summed E-state index contributed by atoms with van der Waals surface area (Å²) in [5.41, 5.74) is -0.140. The smallest absolute Gasteiger partial charge is 0.393 e. The Morgan fingerprint density at radius 2 is 2.09 bits per heavy atom. The summed E-state index contributed by atoms with van der Waals surface area (Å²) in [4.78, 5) is 18.4. The van der Waals surface area contributed by atoms with Gasteiger partial charge in [0.15, 0.2) is 0 Å². The zero-order valence-electron chi connectivity index (χ0n) is 11.3. The van der Waals surface area contributed by atoms with Crippen LogP contribution in [0.4, 0.5) is 13.2 Å². The number of nitrogens with zero attached hydrogens (tertiary/aromatic N) is 2. The first-order chi connectivity index (χ1) is 10.4. The van der Waals surface area contributed by atoms with Gasteiger partial charge in [0.2, 0.25) is 0 Å². The Morgan fingerprint density at radius 1 is 1.32 bits per heavy atom. The number of aliphatic imine (C=N–C) groups is 1. The number of benzene rings is 1. The van der Waals surface area contributed by atoms with E-state index in [0.29, 0.717) is 5.75 Å². The molecule has 0 aliphatic carbocycles. The van der Waals surface area contributed by atoms with Gasteiger partial charge in [-0.25, -0.2) is 4.99 Å². The number of carbonyl (C=O) groups excluding carboxylic acids is 1. The van der Waals surface area contributed by atoms with Crippen molar-refractivity contribution in [1.82, 2.24) is 4.98 Å². The van der Waals surface area contributed by atoms with Crippen LogP contribution in [0.1, 0.15) is 15.9 Å². The Labute approximate surface area is 124 Å². The molecule has 0 saturated carbocycles. The summed E-state index contributed by atoms with van der Waals surface area (Å²) in [6, 6.07) is 6.90. The van der Waals surface area contributed by atoms with E-state index in [9.17, 15) is 18.0 Å². The van der Waals surface area contributed by atoms with E-state index in [-0.39, 0.29) is 16.9 Å². The van der Waals surface area contributed by atoms with Crippen LogP contribution in [0, 0.1) is 0 Å². The topological polar surface area (TPSA) is 51.5 Å². The second-order valence-electron chi connectivity index (χ2n) is 4.37. The zero-order chi connectivity index (χ0) is 16.2. The summed E-state index contributed by atoms with van der Waals surface area (Å²) in [6.07, 6.45) is -2.76. The molecule has 0 fully saturated rings. The van der Waals surface area contributed by atoms with Crippen molar-refractivity contribution in [3.63, 3.8) is 0 Å². The van der Waals surface area contributed by atoms with Crippen LogP contribution in [0.2, 0.25) is 0 Å². The first-order valence-electron chi connectivity index (χ1n) is 6.17. The summed E-state index contributed by atoms with van der Waals surface area (Å²) in [5.74, 6) is -0.394. The minimum absolute atomic E-state index is 0.00550. The number of carbonyl (C=O) groups is 1. The molecular formula is C15H11F3N2O2. The molecule has 0 unspecified atom stereocenters. The van der Waals surface area contributed by atoms with Crippen molar-refractivity contribution in [1.29, 1.82) is 0 Å². The van der Waals surface area contributed by atoms with Gasteiger partial charge in [-0.15, -0.1) is 0 Å². The minimum atomic E-state index is -4.43. The molecule has 0 saturated heterocycles. The van der Waals surface area contributed by atoms with Gasteiger partial charge in [-0.3, -0.25) is 9.78 Å². The molecule has 2 aromatic rings. The van der Waals surface area contributed by atoms with E-state index < -0.39 is 18.5 Å². The Morgan fingerprint density at radius 3 is 2.68 bits per heavy atom. The number of hydrogen-bond donors (Lipinski definition) is 0. The Kier molecular flexibility index (Phi) is 4.55. The van der Waals surface area contributed by atoms with E-state index in [1.165, 1.54) is 24.5 Å². The fraction of sp³-hybridized carbons (Fsp3) is 0.133. The van der Waals surface area contributed by atoms with Crippen molar-refractivity contribution >= 4 is 12.6 Å². The lowest BCUT2D eigenvalue weighted by Crippen LogP contribution is -2.13. The predicted octanol–water partition coefficient (Wildman–Crippen LogP) is 3.82. The Balaban J connectivity index is 2.39. The fourth-order valence-corrected chi connectivity index (χ4v) is 1.79. The summed E-state index contributed by atoms with van der Waals surface area (Å²) in [5, 5.41) is 0. The van der Waals surface area contributed by atoms with E-state index in [0.717, 1.165) is 6.07 Å². The van der Waals surface area contributed by atoms with E-state index >= 15 is 0 Å². The lowest BCUT2D eigenvalue weighted by atomic mass is 10.1. The predicted molar refractivity (Wildman–Crippen MR) is 74.4 cm³/mol. The summed E-state index contributed by atoms with van der Waals surface area (Å²) in [7, 11) is 0. The van der Waals surface area contributed by atoms with Crippen molar-refractivity contribution < 1.29 is 22.7 Å². The quantitative estimate of drug-likeness (QED) is 0.807. The van der Waals surface area contributed by atoms with Crippen molar-refractivity contribution in [2.45, 2.75) is 12.6 Å². The third-order valence-corrected chi connectivity index (χ3v) is 2.70. The van der Waals surface area contributed by atoms with Gasteiger partial charge in [-0.1, -0.05) is 0 Å². The maximum Gasteiger partial charge on any atom is 0.393 e. The van der Waals surface area contributed by atoms with Crippen LogP contribution in [0.25, 0.3) is 0 Å². The molecule has 7 heteroatoms. The lowest BCUT2D eigenvalue weighted by Gasteiger charge is -2.13. The van der Waals surface area contributed by atoms with Crippen molar-refractivity contribution in [2.75, 3.05) is 0 Å². The maximum absolute atomic E-state index is 12.7. The standard InChI is InChI=1S/C15H11F3N2O2/c1-19-14(21)10-4-5-13(11(7-10)8-15(16,17)18)22-12-3-2-6-20-9-12/h2-7,9H,1,8H2. The molecule has 22 heavy (non-hydrogen) atoms. The average molecular weight is 308 g/mol. The Hall–Kier alpha value is -2.70. The molecule has 0 aliphatic heterocycles. The zero-order valence-corrected chi connectivity index (χ0v) is 11.3. The van der Waals surface area contributed by atoms with Gasteiger partial charge >= 0.3 is 6.18 Å². The monoisotopic (exact) mass is 308 g/mol. The Bertz CT molecular complexity index is 685. The van der Waals surface area contributed by atoms with Gasteiger partial charge in [0.1, 0.15) is 11.5 Å². The molecule has 0 radical (unpaired) electrons. The van der Waals surface area contributed by atoms with Crippen molar-refractivity contribution in [2.24, 2.45) is 4.99 Å². The van der Waals surface area contributed by atoms with Gasteiger partial charge in [0.05, 0.1) is 12.6 Å². The number of hydrogen-bond acceptors (Lipinski definition) is 3. The molecule has 0 aliphatic rings. The molecule has 4 nitrogen and oxygen atoms in total. The van der Waals surface area contributed by atoms with Crippen LogP contribution in [0.5, 0.6) is 11.5 Å². The van der Waals surface area contributed by atoms with E-state index in [4.69, 9.17) is 4.74 Å². The second kappa shape index (κ2) is 6.38. The average Bonchev–Trinajstić information content (AvgIpc) is 2.48. The van der Waals surface area contributed by atoms with Crippen molar-refractivity contribution in [3.8, 4) is 11.5 Å². The van der Waals surface area contributed by atoms with Gasteiger partial charge < -0.3 is 4.74 Å². The lowest BCUT2D eigenvalue weighted by molar-refractivity contribution is -0.127. The van der Waals surface area contributed by atoms with E-state index in [1.807, 2.05) is 0 Å². The van der Waals surface area contributed by atoms with Crippen molar-refractivity contribution in [3.05, 3.63) is 53.9 Å². The molecule has 0 spiro atoms. The van der Waals surface area contributed by atoms with Crippen LogP contribution in [-0.2, 0) is 6.42 Å². The molecule has 1 aromatic carbocycles. The first kappa shape index (κ1) is 15.7. The number of aromatic nitrogens is 1. The molecule has 0 bridgehead atoms. The molecule has 0 N–H and O–H groups in total. The number of pyridine rings is 1. The van der Waals surface area contributed by atoms with Gasteiger partial charge in [-0.05, 0) is 37.0 Å². The number of rotatable bonds is 4. The highest BCUT2D eigenvalue weighted by molar-refractivity contribution is 5.97. The molecular weight excluding hydrogens is 297 g/mol. The molecule has 1 aromatic heterocycles. The van der Waals surface area contributed by atoms with Gasteiger partial charge in [0, 0.05) is 17.3 Å². The van der Waals surface area contributed by atoms with Gasteiger partial charge in [-0.2, -0.15) is 13.2 Å². The normalized spacial score (nSPS) is 11.0. The minimum Gasteiger partial charge on any atom is -0.455 e. The third-order valence-electron chi connectivity index (χ3n) is 2.70. The molecule has 2 rings (SSSR count). The fourth-order valence-electron chi connectivity index (χ4n) is 1.79. The molecule has 0 atom stereocenters. The SMILES string of the molecule is C=NC(=O)c1ccc(Oc2cccnc2)c(CC(F)(F)F)c1. The molecule has 1 heterocycles. The number of halogens is 3. The van der Waals surface area contributed by atoms with Crippen LogP contribution in [-0.4, -0.2) is 23.8 Å².